The standard InChI is InChI=1S/C83H81BN2S/c1-16-83(14,15)60-38-42-72-70(50-60)84-76-73(26-21-27-74(76)86(72)71-41-37-58(81(8,9)10)48-67(71)53-32-40-66-64-24-18-17-22-62(64)63-23-19-20-25-65(63)68(66)47-53)85(77-69-49-59(82(11,12)13)39-43-75(69)87-78(77)84)61-45-54(51-28-33-56(34-29-51)79(2,3)4)44-55(46-61)52-30-35-57(36-31-52)80(5,6)7/h17-50H,16H2,1-15H3. The molecule has 0 amide bonds. The highest BCUT2D eigenvalue weighted by atomic mass is 32.1. The number of thiophene rings is 1. The number of hydrogen-bond donors (Lipinski definition) is 0. The highest BCUT2D eigenvalue weighted by molar-refractivity contribution is 7.33. The molecule has 12 aromatic rings. The molecule has 0 atom stereocenters. The molecule has 2 nitrogen and oxygen atoms in total. The largest absolute Gasteiger partial charge is 0.311 e. The normalized spacial score (nSPS) is 13.7. The van der Waals surface area contributed by atoms with E-state index in [2.05, 4.69) is 320 Å². The van der Waals surface area contributed by atoms with Crippen molar-refractivity contribution in [3.63, 3.8) is 0 Å². The molecule has 11 aromatic carbocycles. The van der Waals surface area contributed by atoms with Crippen molar-refractivity contribution in [1.29, 1.82) is 0 Å². The van der Waals surface area contributed by atoms with Gasteiger partial charge in [0, 0.05) is 43.2 Å². The van der Waals surface area contributed by atoms with Crippen molar-refractivity contribution in [2.75, 3.05) is 9.80 Å². The van der Waals surface area contributed by atoms with Gasteiger partial charge in [-0.3, -0.25) is 0 Å². The van der Waals surface area contributed by atoms with Gasteiger partial charge in [-0.2, -0.15) is 0 Å². The van der Waals surface area contributed by atoms with Crippen molar-refractivity contribution >= 4 is 110 Å². The van der Waals surface area contributed by atoms with E-state index in [4.69, 9.17) is 0 Å². The SMILES string of the molecule is CCC(C)(C)c1ccc2c(c1)B1c3sc4ccc(C(C)(C)C)cc4c3N(c3cc(-c4ccc(C(C)(C)C)cc4)cc(-c4ccc(C(C)(C)C)cc4)c3)c3cccc(c31)N2c1ccc(C(C)(C)C)cc1-c1ccc2c3ccccc3c3ccccc3c2c1. The molecular formula is C83H81BN2S. The van der Waals surface area contributed by atoms with E-state index in [0.29, 0.717) is 0 Å². The van der Waals surface area contributed by atoms with Crippen molar-refractivity contribution in [2.45, 2.75) is 137 Å². The zero-order valence-corrected chi connectivity index (χ0v) is 54.5. The van der Waals surface area contributed by atoms with E-state index in [9.17, 15) is 0 Å². The fourth-order valence-corrected chi connectivity index (χ4v) is 15.2. The molecule has 2 aliphatic rings. The predicted octanol–water partition coefficient (Wildman–Crippen LogP) is 22.3. The zero-order chi connectivity index (χ0) is 60.9. The second kappa shape index (κ2) is 20.2. The first kappa shape index (κ1) is 56.6. The molecule has 0 saturated carbocycles. The Morgan fingerprint density at radius 2 is 0.816 bits per heavy atom. The summed E-state index contributed by atoms with van der Waals surface area (Å²) in [7, 11) is 0. The average Bonchev–Trinajstić information content (AvgIpc) is 1.70. The van der Waals surface area contributed by atoms with E-state index < -0.39 is 0 Å². The van der Waals surface area contributed by atoms with Gasteiger partial charge in [-0.25, -0.2) is 0 Å². The second-order valence-corrected chi connectivity index (χ2v) is 30.9. The molecule has 0 bridgehead atoms. The maximum Gasteiger partial charge on any atom is 0.264 e. The molecule has 0 aliphatic carbocycles. The van der Waals surface area contributed by atoms with Crippen LogP contribution < -0.4 is 25.5 Å². The van der Waals surface area contributed by atoms with Gasteiger partial charge < -0.3 is 9.80 Å². The predicted molar refractivity (Wildman–Crippen MR) is 383 cm³/mol. The van der Waals surface area contributed by atoms with Crippen molar-refractivity contribution in [3.8, 4) is 33.4 Å². The Bertz CT molecular complexity index is 4630. The van der Waals surface area contributed by atoms with Gasteiger partial charge in [0.15, 0.2) is 0 Å². The first-order valence-corrected chi connectivity index (χ1v) is 32.5. The molecular weight excluding hydrogens is 1070 g/mol. The summed E-state index contributed by atoms with van der Waals surface area (Å²) in [4.78, 5) is 5.34. The van der Waals surface area contributed by atoms with Crippen molar-refractivity contribution in [1.82, 2.24) is 0 Å². The molecule has 4 heteroatoms. The number of nitrogens with zero attached hydrogens (tertiary/aromatic N) is 2. The van der Waals surface area contributed by atoms with Crippen molar-refractivity contribution < 1.29 is 0 Å². The minimum Gasteiger partial charge on any atom is -0.311 e. The maximum atomic E-state index is 2.68. The smallest absolute Gasteiger partial charge is 0.264 e. The molecule has 0 unspecified atom stereocenters. The lowest BCUT2D eigenvalue weighted by Crippen LogP contribution is -2.60. The van der Waals surface area contributed by atoms with Crippen molar-refractivity contribution in [3.05, 3.63) is 234 Å². The Balaban J connectivity index is 1.07. The van der Waals surface area contributed by atoms with Crippen LogP contribution in [0.1, 0.15) is 138 Å². The molecule has 3 heterocycles. The highest BCUT2D eigenvalue weighted by Crippen LogP contribution is 2.52. The van der Waals surface area contributed by atoms with Crippen LogP contribution in [0, 0.1) is 0 Å². The third-order valence-corrected chi connectivity index (χ3v) is 20.8. The number of hydrogen-bond acceptors (Lipinski definition) is 3. The summed E-state index contributed by atoms with van der Waals surface area (Å²) >= 11 is 1.99. The maximum absolute atomic E-state index is 2.68. The molecule has 87 heavy (non-hydrogen) atoms. The molecule has 0 N–H and O–H groups in total. The molecule has 0 saturated heterocycles. The van der Waals surface area contributed by atoms with E-state index >= 15 is 0 Å². The van der Waals surface area contributed by atoms with Crippen molar-refractivity contribution in [2.24, 2.45) is 0 Å². The van der Waals surface area contributed by atoms with E-state index in [1.165, 1.54) is 148 Å². The van der Waals surface area contributed by atoms with Gasteiger partial charge in [0.25, 0.3) is 6.71 Å². The van der Waals surface area contributed by atoms with Gasteiger partial charge in [0.05, 0.1) is 11.4 Å². The van der Waals surface area contributed by atoms with Crippen LogP contribution in [0.15, 0.2) is 206 Å². The Morgan fingerprint density at radius 3 is 1.37 bits per heavy atom. The Labute approximate surface area is 521 Å². The lowest BCUT2D eigenvalue weighted by atomic mass is 9.36. The van der Waals surface area contributed by atoms with Crippen LogP contribution >= 0.6 is 11.3 Å². The van der Waals surface area contributed by atoms with Gasteiger partial charge >= 0.3 is 0 Å². The van der Waals surface area contributed by atoms with Crippen LogP contribution in [0.25, 0.3) is 75.8 Å². The quantitative estimate of drug-likeness (QED) is 0.116. The van der Waals surface area contributed by atoms with Gasteiger partial charge in [0.2, 0.25) is 0 Å². The van der Waals surface area contributed by atoms with Crippen LogP contribution in [-0.4, -0.2) is 6.71 Å². The summed E-state index contributed by atoms with van der Waals surface area (Å²) in [5.74, 6) is 0. The molecule has 432 valence electrons. The summed E-state index contributed by atoms with van der Waals surface area (Å²) < 4.78 is 2.70. The summed E-state index contributed by atoms with van der Waals surface area (Å²) in [6.07, 6.45) is 1.03. The molecule has 2 aliphatic heterocycles. The van der Waals surface area contributed by atoms with Gasteiger partial charge in [0.1, 0.15) is 0 Å². The zero-order valence-electron chi connectivity index (χ0n) is 53.7. The molecule has 1 aromatic heterocycles. The molecule has 0 radical (unpaired) electrons. The molecule has 14 rings (SSSR count). The van der Waals surface area contributed by atoms with Gasteiger partial charge in [-0.1, -0.05) is 243 Å². The minimum atomic E-state index is -0.0912. The average molecular weight is 1150 g/mol. The van der Waals surface area contributed by atoms with E-state index in [1.807, 2.05) is 11.3 Å². The monoisotopic (exact) mass is 1150 g/mol. The highest BCUT2D eigenvalue weighted by Gasteiger charge is 2.46. The Hall–Kier alpha value is -8.18. The summed E-state index contributed by atoms with van der Waals surface area (Å²) in [5, 5.41) is 9.00. The topological polar surface area (TPSA) is 6.48 Å². The van der Waals surface area contributed by atoms with Crippen LogP contribution in [0.2, 0.25) is 0 Å². The van der Waals surface area contributed by atoms with E-state index in [0.717, 1.165) is 12.1 Å². The van der Waals surface area contributed by atoms with Gasteiger partial charge in [-0.15, -0.1) is 11.3 Å². The third-order valence-electron chi connectivity index (χ3n) is 19.6. The van der Waals surface area contributed by atoms with Crippen LogP contribution in [0.4, 0.5) is 34.1 Å². The first-order chi connectivity index (χ1) is 41.4. The molecule has 0 fully saturated rings. The lowest BCUT2D eigenvalue weighted by molar-refractivity contribution is 0.506. The van der Waals surface area contributed by atoms with E-state index in [1.54, 1.807) is 0 Å². The molecule has 0 spiro atoms. The van der Waals surface area contributed by atoms with E-state index in [-0.39, 0.29) is 33.8 Å². The third kappa shape index (κ3) is 9.52. The number of rotatable bonds is 7. The second-order valence-electron chi connectivity index (χ2n) is 29.9. The number of fused-ring (bicyclic) bond motifs is 12. The summed E-state index contributed by atoms with van der Waals surface area (Å²) in [6.45, 7) is 35.1. The Kier molecular flexibility index (Phi) is 13.1. The fraction of sp³-hybridized carbons (Fsp3) is 0.253. The Morgan fingerprint density at radius 1 is 0.345 bits per heavy atom. The minimum absolute atomic E-state index is 0.0352. The van der Waals surface area contributed by atoms with Gasteiger partial charge in [-0.05, 0) is 199 Å². The fourth-order valence-electron chi connectivity index (χ4n) is 13.9. The van der Waals surface area contributed by atoms with Crippen LogP contribution in [-0.2, 0) is 27.1 Å². The van der Waals surface area contributed by atoms with Crippen LogP contribution in [0.5, 0.6) is 0 Å². The number of benzene rings is 11. The first-order valence-electron chi connectivity index (χ1n) is 31.7. The van der Waals surface area contributed by atoms with Crippen LogP contribution in [0.3, 0.4) is 0 Å². The lowest BCUT2D eigenvalue weighted by Gasteiger charge is -2.44. The number of anilines is 6. The summed E-state index contributed by atoms with van der Waals surface area (Å²) in [5.41, 5.74) is 23.8. The summed E-state index contributed by atoms with van der Waals surface area (Å²) in [6, 6.07) is 80.7.